The van der Waals surface area contributed by atoms with Gasteiger partial charge in [0.15, 0.2) is 0 Å². The number of aryl methyl sites for hydroxylation is 2. The smallest absolute Gasteiger partial charge is 0.353 e. The Morgan fingerprint density at radius 1 is 1.10 bits per heavy atom. The number of aromatic nitrogens is 1. The molecule has 0 spiro atoms. The predicted molar refractivity (Wildman–Crippen MR) is 80.3 cm³/mol. The number of benzene rings is 1. The van der Waals surface area contributed by atoms with E-state index in [0.717, 1.165) is 22.4 Å². The van der Waals surface area contributed by atoms with Gasteiger partial charge in [0.1, 0.15) is 17.2 Å². The van der Waals surface area contributed by atoms with E-state index < -0.39 is 5.97 Å². The van der Waals surface area contributed by atoms with E-state index in [1.807, 2.05) is 49.4 Å². The molecule has 0 bridgehead atoms. The third-order valence-electron chi connectivity index (χ3n) is 3.36. The van der Waals surface area contributed by atoms with Crippen LogP contribution < -0.4 is 4.74 Å². The Balaban J connectivity index is 2.04. The second-order valence-electron chi connectivity index (χ2n) is 5.06. The Labute approximate surface area is 122 Å². The molecule has 4 heteroatoms. The van der Waals surface area contributed by atoms with Gasteiger partial charge in [0.25, 0.3) is 0 Å². The summed E-state index contributed by atoms with van der Waals surface area (Å²) in [5.74, 6) is 0.390. The van der Waals surface area contributed by atoms with Crippen molar-refractivity contribution in [3.63, 3.8) is 0 Å². The molecule has 0 aliphatic rings. The molecule has 4 nitrogen and oxygen atoms in total. The zero-order chi connectivity index (χ0) is 15.0. The molecule has 1 aromatic carbocycles. The van der Waals surface area contributed by atoms with Gasteiger partial charge in [0.2, 0.25) is 0 Å². The molecule has 0 saturated carbocycles. The molecule has 3 rings (SSSR count). The highest BCUT2D eigenvalue weighted by atomic mass is 16.5. The summed E-state index contributed by atoms with van der Waals surface area (Å²) in [5, 5.41) is 9.31. The fourth-order valence-electron chi connectivity index (χ4n) is 2.43. The van der Waals surface area contributed by atoms with E-state index in [0.29, 0.717) is 5.75 Å². The van der Waals surface area contributed by atoms with E-state index in [4.69, 9.17) is 4.74 Å². The molecule has 0 saturated heterocycles. The summed E-state index contributed by atoms with van der Waals surface area (Å²) in [6, 6.07) is 13.3. The fraction of sp³-hybridized carbons (Fsp3) is 0.118. The summed E-state index contributed by atoms with van der Waals surface area (Å²) < 4.78 is 7.44. The fourth-order valence-corrected chi connectivity index (χ4v) is 2.43. The lowest BCUT2D eigenvalue weighted by Gasteiger charge is -2.08. The lowest BCUT2D eigenvalue weighted by atomic mass is 10.2. The number of hydrogen-bond acceptors (Lipinski definition) is 2. The highest BCUT2D eigenvalue weighted by Crippen LogP contribution is 2.25. The first-order valence-corrected chi connectivity index (χ1v) is 6.64. The number of carbonyl (C=O) groups is 1. The van der Waals surface area contributed by atoms with Crippen LogP contribution in [0.2, 0.25) is 0 Å². The molecule has 2 aromatic heterocycles. The van der Waals surface area contributed by atoms with Crippen LogP contribution in [-0.4, -0.2) is 15.5 Å². The van der Waals surface area contributed by atoms with E-state index in [9.17, 15) is 9.90 Å². The lowest BCUT2D eigenvalue weighted by molar-refractivity contribution is 0.0688. The van der Waals surface area contributed by atoms with Crippen LogP contribution in [0.3, 0.4) is 0 Å². The molecule has 21 heavy (non-hydrogen) atoms. The molecule has 0 amide bonds. The van der Waals surface area contributed by atoms with Crippen LogP contribution in [0.4, 0.5) is 0 Å². The molecular weight excluding hydrogens is 266 g/mol. The maximum absolute atomic E-state index is 11.3. The molecule has 0 atom stereocenters. The van der Waals surface area contributed by atoms with Gasteiger partial charge in [-0.15, -0.1) is 0 Å². The summed E-state index contributed by atoms with van der Waals surface area (Å²) in [6.07, 6.45) is 1.70. The molecule has 106 valence electrons. The molecule has 3 aromatic rings. The van der Waals surface area contributed by atoms with Crippen molar-refractivity contribution in [2.75, 3.05) is 0 Å². The number of pyridine rings is 1. The van der Waals surface area contributed by atoms with Gasteiger partial charge in [-0.05, 0) is 55.3 Å². The van der Waals surface area contributed by atoms with E-state index >= 15 is 0 Å². The summed E-state index contributed by atoms with van der Waals surface area (Å²) in [4.78, 5) is 11.3. The minimum Gasteiger partial charge on any atom is -0.477 e. The zero-order valence-electron chi connectivity index (χ0n) is 11.8. The average Bonchev–Trinajstić information content (AvgIpc) is 2.74. The van der Waals surface area contributed by atoms with Gasteiger partial charge in [-0.25, -0.2) is 4.79 Å². The van der Waals surface area contributed by atoms with Gasteiger partial charge in [-0.1, -0.05) is 12.1 Å². The van der Waals surface area contributed by atoms with Crippen molar-refractivity contribution in [3.8, 4) is 11.5 Å². The monoisotopic (exact) mass is 281 g/mol. The number of nitrogens with zero attached hydrogens (tertiary/aromatic N) is 1. The van der Waals surface area contributed by atoms with Crippen molar-refractivity contribution < 1.29 is 14.6 Å². The number of hydrogen-bond donors (Lipinski definition) is 1. The van der Waals surface area contributed by atoms with E-state index in [1.54, 1.807) is 17.5 Å². The van der Waals surface area contributed by atoms with Crippen molar-refractivity contribution >= 4 is 11.5 Å². The number of carboxylic acids is 1. The summed E-state index contributed by atoms with van der Waals surface area (Å²) in [5.41, 5.74) is 2.94. The second kappa shape index (κ2) is 4.98. The molecule has 0 radical (unpaired) electrons. The van der Waals surface area contributed by atoms with Gasteiger partial charge >= 0.3 is 5.97 Å². The maximum atomic E-state index is 11.3. The highest BCUT2D eigenvalue weighted by molar-refractivity contribution is 5.89. The Hall–Kier alpha value is -2.75. The molecular formula is C17H15NO3. The topological polar surface area (TPSA) is 50.9 Å². The highest BCUT2D eigenvalue weighted by Gasteiger charge is 2.14. The molecule has 0 unspecified atom stereocenters. The van der Waals surface area contributed by atoms with Crippen LogP contribution in [0.25, 0.3) is 5.52 Å². The Bertz CT molecular complexity index is 833. The van der Waals surface area contributed by atoms with E-state index in [-0.39, 0.29) is 5.69 Å². The van der Waals surface area contributed by atoms with Crippen LogP contribution in [-0.2, 0) is 0 Å². The first kappa shape index (κ1) is 13.2. The van der Waals surface area contributed by atoms with Crippen molar-refractivity contribution in [2.24, 2.45) is 0 Å². The second-order valence-corrected chi connectivity index (χ2v) is 5.06. The van der Waals surface area contributed by atoms with Crippen molar-refractivity contribution in [3.05, 3.63) is 65.5 Å². The van der Waals surface area contributed by atoms with Crippen LogP contribution in [0.1, 0.15) is 21.6 Å². The van der Waals surface area contributed by atoms with Gasteiger partial charge in [-0.3, -0.25) is 0 Å². The van der Waals surface area contributed by atoms with E-state index in [1.165, 1.54) is 0 Å². The quantitative estimate of drug-likeness (QED) is 0.788. The Kier molecular flexibility index (Phi) is 3.14. The minimum atomic E-state index is -0.944. The zero-order valence-corrected chi connectivity index (χ0v) is 11.8. The third-order valence-corrected chi connectivity index (χ3v) is 3.36. The molecule has 0 aliphatic carbocycles. The molecule has 0 fully saturated rings. The molecule has 2 heterocycles. The van der Waals surface area contributed by atoms with Gasteiger partial charge in [0, 0.05) is 5.52 Å². The summed E-state index contributed by atoms with van der Waals surface area (Å²) >= 11 is 0. The van der Waals surface area contributed by atoms with E-state index in [2.05, 4.69) is 0 Å². The predicted octanol–water partition coefficient (Wildman–Crippen LogP) is 4.05. The molecule has 1 N–H and O–H groups in total. The summed E-state index contributed by atoms with van der Waals surface area (Å²) in [7, 11) is 0. The van der Waals surface area contributed by atoms with Crippen LogP contribution >= 0.6 is 0 Å². The van der Waals surface area contributed by atoms with Crippen LogP contribution in [0, 0.1) is 13.8 Å². The Morgan fingerprint density at radius 3 is 2.62 bits per heavy atom. The number of rotatable bonds is 3. The summed E-state index contributed by atoms with van der Waals surface area (Å²) in [6.45, 7) is 3.78. The normalized spacial score (nSPS) is 10.8. The Morgan fingerprint density at radius 2 is 1.90 bits per heavy atom. The van der Waals surface area contributed by atoms with Gasteiger partial charge in [0.05, 0.1) is 6.20 Å². The SMILES string of the molecule is Cc1cccc(Oc2ccc3cc(C)c(C(=O)O)n3c2)c1. The lowest BCUT2D eigenvalue weighted by Crippen LogP contribution is -2.03. The minimum absolute atomic E-state index is 0.264. The van der Waals surface area contributed by atoms with Crippen LogP contribution in [0.15, 0.2) is 48.7 Å². The van der Waals surface area contributed by atoms with Gasteiger partial charge < -0.3 is 14.2 Å². The standard InChI is InChI=1S/C17H15NO3/c1-11-4-3-5-14(8-11)21-15-7-6-13-9-12(2)16(17(19)20)18(13)10-15/h3-10H,1-2H3,(H,19,20). The van der Waals surface area contributed by atoms with Gasteiger partial charge in [-0.2, -0.15) is 0 Å². The average molecular weight is 281 g/mol. The third kappa shape index (κ3) is 2.48. The maximum Gasteiger partial charge on any atom is 0.353 e. The first-order chi connectivity index (χ1) is 10.0. The first-order valence-electron chi connectivity index (χ1n) is 6.64. The van der Waals surface area contributed by atoms with Crippen molar-refractivity contribution in [2.45, 2.75) is 13.8 Å². The number of ether oxygens (including phenoxy) is 1. The largest absolute Gasteiger partial charge is 0.477 e. The number of carboxylic acid groups (broad SMARTS) is 1. The van der Waals surface area contributed by atoms with Crippen molar-refractivity contribution in [1.82, 2.24) is 4.40 Å². The number of fused-ring (bicyclic) bond motifs is 1. The molecule has 0 aliphatic heterocycles. The number of aromatic carboxylic acids is 1. The van der Waals surface area contributed by atoms with Crippen molar-refractivity contribution in [1.29, 1.82) is 0 Å². The van der Waals surface area contributed by atoms with Crippen LogP contribution in [0.5, 0.6) is 11.5 Å².